The molecule has 8 nitrogen and oxygen atoms in total. The first-order chi connectivity index (χ1) is 25.9. The van der Waals surface area contributed by atoms with E-state index in [1.165, 1.54) is 12.2 Å². The summed E-state index contributed by atoms with van der Waals surface area (Å²) in [6.45, 7) is 0.126. The quantitative estimate of drug-likeness (QED) is 0.137. The maximum absolute atomic E-state index is 12.9. The first-order valence-electron chi connectivity index (χ1n) is 17.8. The lowest BCUT2D eigenvalue weighted by Crippen LogP contribution is -2.38. The number of aliphatic hydroxyl groups is 2. The van der Waals surface area contributed by atoms with Crippen LogP contribution in [0.4, 0.5) is 0 Å². The number of halogens is 2. The molecular weight excluding hydrogens is 727 g/mol. The number of hydrogen-bond acceptors (Lipinski definition) is 8. The molecule has 0 radical (unpaired) electrons. The van der Waals surface area contributed by atoms with Crippen LogP contribution in [-0.2, 0) is 53.1 Å². The number of allylic oxidation sites excluding steroid dienone is 2. The molecule has 0 saturated carbocycles. The number of benzene rings is 4. The Morgan fingerprint density at radius 2 is 0.889 bits per heavy atom. The third kappa shape index (κ3) is 11.1. The predicted octanol–water partition coefficient (Wildman–Crippen LogP) is 8.68. The average Bonchev–Trinajstić information content (AvgIpc) is 3.17. The Kier molecular flexibility index (Phi) is 14.1. The zero-order valence-corrected chi connectivity index (χ0v) is 31.2. The monoisotopic (exact) mass is 768 g/mol. The third-order valence-corrected chi connectivity index (χ3v) is 9.79. The lowest BCUT2D eigenvalue weighted by atomic mass is 9.83. The zero-order valence-electron chi connectivity index (χ0n) is 29.7. The molecule has 4 aromatic rings. The first kappa shape index (κ1) is 40.3. The van der Waals surface area contributed by atoms with E-state index in [1.54, 1.807) is 48.5 Å². The minimum Gasteiger partial charge on any atom is -0.458 e. The van der Waals surface area contributed by atoms with Crippen molar-refractivity contribution in [1.82, 2.24) is 0 Å². The van der Waals surface area contributed by atoms with Gasteiger partial charge in [0.1, 0.15) is 13.2 Å². The first-order valence-corrected chi connectivity index (χ1v) is 18.5. The highest BCUT2D eigenvalue weighted by molar-refractivity contribution is 6.30. The Morgan fingerprint density at radius 3 is 1.22 bits per heavy atom. The fourth-order valence-corrected chi connectivity index (χ4v) is 6.63. The smallest absolute Gasteiger partial charge is 0.343 e. The molecule has 280 valence electrons. The second-order valence-electron chi connectivity index (χ2n) is 13.5. The van der Waals surface area contributed by atoms with Crippen molar-refractivity contribution in [3.05, 3.63) is 165 Å². The van der Waals surface area contributed by atoms with Crippen LogP contribution in [0.5, 0.6) is 0 Å². The molecule has 0 bridgehead atoms. The van der Waals surface area contributed by atoms with Crippen molar-refractivity contribution in [1.29, 1.82) is 0 Å². The summed E-state index contributed by atoms with van der Waals surface area (Å²) in [4.78, 5) is 49.2. The largest absolute Gasteiger partial charge is 0.458 e. The number of carbonyl (C=O) groups is 4. The predicted molar refractivity (Wildman–Crippen MR) is 206 cm³/mol. The van der Waals surface area contributed by atoms with E-state index in [0.717, 1.165) is 35.1 Å². The minimum absolute atomic E-state index is 0.0207. The molecule has 2 aliphatic rings. The SMILES string of the molecule is O=C1C=C(C[C@](O)(C(=O)OCc2ccccc2)c2ccc(Cl)cc2)CCC1.O=C1C=C(C[C@](O)(C(=O)OCc2ccccc2)c2ccc(Cl)cc2)CCC1. The van der Waals surface area contributed by atoms with Gasteiger partial charge in [-0.15, -0.1) is 0 Å². The van der Waals surface area contributed by atoms with Crippen LogP contribution < -0.4 is 0 Å². The number of esters is 2. The molecule has 0 unspecified atom stereocenters. The molecule has 0 amide bonds. The maximum atomic E-state index is 12.9. The van der Waals surface area contributed by atoms with E-state index in [9.17, 15) is 29.4 Å². The third-order valence-electron chi connectivity index (χ3n) is 9.28. The summed E-state index contributed by atoms with van der Waals surface area (Å²) in [7, 11) is 0. The summed E-state index contributed by atoms with van der Waals surface area (Å²) in [5, 5.41) is 23.6. The van der Waals surface area contributed by atoms with Crippen LogP contribution in [0.1, 0.15) is 73.6 Å². The molecule has 10 heteroatoms. The van der Waals surface area contributed by atoms with Crippen LogP contribution in [0, 0.1) is 0 Å². The van der Waals surface area contributed by atoms with Crippen molar-refractivity contribution in [2.45, 2.75) is 75.8 Å². The Bertz CT molecular complexity index is 1830. The Labute approximate surface area is 325 Å². The molecule has 0 saturated heterocycles. The number of rotatable bonds is 12. The highest BCUT2D eigenvalue weighted by atomic mass is 35.5. The normalized spacial score (nSPS) is 16.4. The zero-order chi connectivity index (χ0) is 38.6. The fraction of sp³-hybridized carbons (Fsp3) is 0.273. The standard InChI is InChI=1S/2C22H21ClO4/c2*23-19-11-9-18(10-12-19)22(26,14-17-7-4-8-20(24)13-17)21(25)27-15-16-5-2-1-3-6-16/h2*1-3,5-6,9-13,26H,4,7-8,14-15H2/t2*22-/m11/s1. The van der Waals surface area contributed by atoms with Crippen LogP contribution in [0.3, 0.4) is 0 Å². The molecule has 0 spiro atoms. The van der Waals surface area contributed by atoms with Crippen molar-refractivity contribution in [3.63, 3.8) is 0 Å². The molecule has 6 rings (SSSR count). The summed E-state index contributed by atoms with van der Waals surface area (Å²) in [5.41, 5.74) is 0.201. The van der Waals surface area contributed by atoms with Crippen molar-refractivity contribution in [3.8, 4) is 0 Å². The van der Waals surface area contributed by atoms with Gasteiger partial charge in [-0.1, -0.05) is 119 Å². The van der Waals surface area contributed by atoms with Gasteiger partial charge in [0.15, 0.2) is 22.8 Å². The molecule has 0 aromatic heterocycles. The van der Waals surface area contributed by atoms with Crippen LogP contribution in [0.25, 0.3) is 0 Å². The van der Waals surface area contributed by atoms with Gasteiger partial charge in [0, 0.05) is 35.7 Å². The highest BCUT2D eigenvalue weighted by Gasteiger charge is 2.42. The van der Waals surface area contributed by atoms with Crippen molar-refractivity contribution in [2.75, 3.05) is 0 Å². The van der Waals surface area contributed by atoms with E-state index in [2.05, 4.69) is 0 Å². The van der Waals surface area contributed by atoms with E-state index in [0.29, 0.717) is 46.9 Å². The van der Waals surface area contributed by atoms with Gasteiger partial charge in [-0.25, -0.2) is 9.59 Å². The van der Waals surface area contributed by atoms with Gasteiger partial charge in [-0.2, -0.15) is 0 Å². The summed E-state index contributed by atoms with van der Waals surface area (Å²) in [6, 6.07) is 31.5. The van der Waals surface area contributed by atoms with Crippen LogP contribution in [-0.4, -0.2) is 33.7 Å². The van der Waals surface area contributed by atoms with E-state index in [1.807, 2.05) is 60.7 Å². The van der Waals surface area contributed by atoms with E-state index in [4.69, 9.17) is 32.7 Å². The van der Waals surface area contributed by atoms with E-state index in [-0.39, 0.29) is 37.6 Å². The maximum Gasteiger partial charge on any atom is 0.343 e. The number of hydrogen-bond donors (Lipinski definition) is 2. The van der Waals surface area contributed by atoms with Crippen molar-refractivity contribution < 1.29 is 38.9 Å². The van der Waals surface area contributed by atoms with Crippen LogP contribution >= 0.6 is 23.2 Å². The average molecular weight is 770 g/mol. The second kappa shape index (κ2) is 18.9. The molecule has 0 heterocycles. The second-order valence-corrected chi connectivity index (χ2v) is 14.3. The molecule has 2 atom stereocenters. The summed E-state index contributed by atoms with van der Waals surface area (Å²) in [6.07, 6.45) is 6.91. The molecular formula is C44H42Cl2O8. The van der Waals surface area contributed by atoms with E-state index >= 15 is 0 Å². The Hall–Kier alpha value is -4.86. The molecule has 4 aromatic carbocycles. The van der Waals surface area contributed by atoms with Crippen LogP contribution in [0.2, 0.25) is 10.0 Å². The fourth-order valence-electron chi connectivity index (χ4n) is 6.38. The lowest BCUT2D eigenvalue weighted by molar-refractivity contribution is -0.168. The van der Waals surface area contributed by atoms with Crippen molar-refractivity contribution >= 4 is 46.7 Å². The summed E-state index contributed by atoms with van der Waals surface area (Å²) < 4.78 is 10.8. The highest BCUT2D eigenvalue weighted by Crippen LogP contribution is 2.36. The van der Waals surface area contributed by atoms with Gasteiger partial charge < -0.3 is 19.7 Å². The Balaban J connectivity index is 0.000000208. The topological polar surface area (TPSA) is 127 Å². The molecule has 2 aliphatic carbocycles. The summed E-state index contributed by atoms with van der Waals surface area (Å²) in [5.74, 6) is -1.44. The number of carbonyl (C=O) groups excluding carboxylic acids is 4. The van der Waals surface area contributed by atoms with Gasteiger partial charge in [0.25, 0.3) is 0 Å². The molecule has 2 N–H and O–H groups in total. The van der Waals surface area contributed by atoms with Gasteiger partial charge >= 0.3 is 11.9 Å². The molecule has 0 fully saturated rings. The van der Waals surface area contributed by atoms with E-state index < -0.39 is 23.1 Å². The van der Waals surface area contributed by atoms with Crippen molar-refractivity contribution in [2.24, 2.45) is 0 Å². The minimum atomic E-state index is -1.87. The molecule has 54 heavy (non-hydrogen) atoms. The van der Waals surface area contributed by atoms with Gasteiger partial charge in [0.2, 0.25) is 0 Å². The van der Waals surface area contributed by atoms with Gasteiger partial charge in [-0.05, 0) is 84.4 Å². The van der Waals surface area contributed by atoms with Crippen LogP contribution in [0.15, 0.2) is 132 Å². The lowest BCUT2D eigenvalue weighted by Gasteiger charge is -2.28. The van der Waals surface area contributed by atoms with Gasteiger partial charge in [-0.3, -0.25) is 9.59 Å². The molecule has 0 aliphatic heterocycles. The summed E-state index contributed by atoms with van der Waals surface area (Å²) >= 11 is 11.9. The number of ketones is 2. The Morgan fingerprint density at radius 1 is 0.537 bits per heavy atom. The van der Waals surface area contributed by atoms with Gasteiger partial charge in [0.05, 0.1) is 0 Å². The number of ether oxygens (including phenoxy) is 2.